The van der Waals surface area contributed by atoms with Gasteiger partial charge < -0.3 is 0 Å². The van der Waals surface area contributed by atoms with Gasteiger partial charge in [-0.05, 0) is 59.8 Å². The SMILES string of the molecule is Cc1ccccc1P(c1ccccc1C)[C@H](C)c1ccc[c-]1P(c1ccccc1)c1ccccc1.[Fe+2].c1cc[cH-]c1. The Morgan fingerprint density at radius 1 is 0.561 bits per heavy atom. The Labute approximate surface area is 259 Å². The number of hydrogen-bond donors (Lipinski definition) is 0. The van der Waals surface area contributed by atoms with Gasteiger partial charge in [-0.2, -0.15) is 29.8 Å². The van der Waals surface area contributed by atoms with Gasteiger partial charge in [0.15, 0.2) is 0 Å². The van der Waals surface area contributed by atoms with E-state index in [0.29, 0.717) is 5.66 Å². The zero-order chi connectivity index (χ0) is 27.7. The van der Waals surface area contributed by atoms with Crippen LogP contribution >= 0.6 is 15.8 Å². The molecule has 0 aliphatic heterocycles. The molecule has 0 radical (unpaired) electrons. The van der Waals surface area contributed by atoms with Gasteiger partial charge in [-0.15, -0.1) is 5.30 Å². The first-order chi connectivity index (χ1) is 19.6. The number of aryl methyl sites for hydroxylation is 2. The van der Waals surface area contributed by atoms with Crippen LogP contribution < -0.4 is 26.5 Å². The van der Waals surface area contributed by atoms with Gasteiger partial charge in [0.25, 0.3) is 0 Å². The van der Waals surface area contributed by atoms with Crippen LogP contribution in [-0.4, -0.2) is 0 Å². The van der Waals surface area contributed by atoms with Crippen LogP contribution in [0.1, 0.15) is 29.3 Å². The average molecular weight is 610 g/mol. The standard InChI is InChI=1S/C33H31P2.C5H5.Fe/c1-25-15-10-12-22-31(25)34(32-23-13-11-16-26(32)2)27(3)30-21-14-24-33(30)35(28-17-6-4-7-18-28)29-19-8-5-9-20-29;1-2-4-5-3-1;/h4-24,27H,1-3H3;1-5H;/q2*-1;+2/t27-;;/m1../s1. The predicted octanol–water partition coefficient (Wildman–Crippen LogP) is 8.38. The monoisotopic (exact) mass is 610 g/mol. The molecule has 3 heteroatoms. The number of benzene rings is 4. The average Bonchev–Trinajstić information content (AvgIpc) is 3.73. The van der Waals surface area contributed by atoms with Gasteiger partial charge in [0, 0.05) is 0 Å². The molecule has 206 valence electrons. The van der Waals surface area contributed by atoms with Crippen molar-refractivity contribution < 1.29 is 17.1 Å². The number of rotatable bonds is 7. The Balaban J connectivity index is 0.000000584. The molecule has 0 saturated carbocycles. The molecule has 0 aliphatic rings. The molecule has 0 spiro atoms. The Morgan fingerprint density at radius 2 is 1.02 bits per heavy atom. The van der Waals surface area contributed by atoms with Gasteiger partial charge in [-0.25, -0.2) is 24.3 Å². The smallest absolute Gasteiger partial charge is 0.214 e. The minimum Gasteiger partial charge on any atom is -0.214 e. The van der Waals surface area contributed by atoms with E-state index >= 15 is 0 Å². The summed E-state index contributed by atoms with van der Waals surface area (Å²) in [6, 6.07) is 57.1. The van der Waals surface area contributed by atoms with Crippen molar-refractivity contribution in [1.29, 1.82) is 0 Å². The maximum atomic E-state index is 2.45. The van der Waals surface area contributed by atoms with E-state index in [1.54, 1.807) is 0 Å². The second kappa shape index (κ2) is 15.3. The molecule has 0 saturated heterocycles. The minimum absolute atomic E-state index is 0. The first-order valence-electron chi connectivity index (χ1n) is 13.9. The molecular weight excluding hydrogens is 574 g/mol. The molecule has 1 atom stereocenters. The molecule has 0 fully saturated rings. The quantitative estimate of drug-likeness (QED) is 0.0968. The molecule has 0 amide bonds. The Morgan fingerprint density at radius 3 is 1.46 bits per heavy atom. The third kappa shape index (κ3) is 7.43. The summed E-state index contributed by atoms with van der Waals surface area (Å²) in [4.78, 5) is 0. The van der Waals surface area contributed by atoms with Gasteiger partial charge >= 0.3 is 17.1 Å². The van der Waals surface area contributed by atoms with E-state index in [0.717, 1.165) is 0 Å². The van der Waals surface area contributed by atoms with Crippen LogP contribution in [-0.2, 0) is 17.1 Å². The van der Waals surface area contributed by atoms with E-state index in [9.17, 15) is 0 Å². The van der Waals surface area contributed by atoms with Crippen LogP contribution in [0.15, 0.2) is 158 Å². The Bertz CT molecular complexity index is 1480. The van der Waals surface area contributed by atoms with E-state index in [1.807, 2.05) is 30.3 Å². The van der Waals surface area contributed by atoms with Crippen LogP contribution in [0.4, 0.5) is 0 Å². The third-order valence-corrected chi connectivity index (χ3v) is 12.9. The molecule has 6 rings (SSSR count). The van der Waals surface area contributed by atoms with Crippen LogP contribution in [0.25, 0.3) is 0 Å². The van der Waals surface area contributed by atoms with E-state index in [2.05, 4.69) is 148 Å². The maximum absolute atomic E-state index is 2.45. The molecule has 0 unspecified atom stereocenters. The fraction of sp³-hybridized carbons (Fsp3) is 0.105. The fourth-order valence-corrected chi connectivity index (χ4v) is 10.9. The maximum Gasteiger partial charge on any atom is 2.00 e. The third-order valence-electron chi connectivity index (χ3n) is 7.24. The molecule has 0 heterocycles. The van der Waals surface area contributed by atoms with E-state index in [-0.39, 0.29) is 17.1 Å². The van der Waals surface area contributed by atoms with Crippen molar-refractivity contribution in [2.45, 2.75) is 26.4 Å². The van der Waals surface area contributed by atoms with E-state index < -0.39 is 15.8 Å². The summed E-state index contributed by atoms with van der Waals surface area (Å²) in [5.41, 5.74) is 4.65. The second-order valence-electron chi connectivity index (χ2n) is 9.95. The van der Waals surface area contributed by atoms with Crippen molar-refractivity contribution in [3.63, 3.8) is 0 Å². The summed E-state index contributed by atoms with van der Waals surface area (Å²) in [7, 11) is -1.20. The van der Waals surface area contributed by atoms with Crippen molar-refractivity contribution in [3.8, 4) is 0 Å². The first-order valence-corrected chi connectivity index (χ1v) is 16.6. The molecule has 0 aliphatic carbocycles. The van der Waals surface area contributed by atoms with Crippen LogP contribution in [0.3, 0.4) is 0 Å². The van der Waals surface area contributed by atoms with Crippen LogP contribution in [0, 0.1) is 13.8 Å². The van der Waals surface area contributed by atoms with Gasteiger partial charge in [0.05, 0.1) is 0 Å². The molecule has 0 bridgehead atoms. The summed E-state index contributed by atoms with van der Waals surface area (Å²) in [6.45, 7) is 6.98. The summed E-state index contributed by atoms with van der Waals surface area (Å²) in [6.07, 6.45) is 0. The largest absolute Gasteiger partial charge is 2.00 e. The molecule has 6 aromatic rings. The summed E-state index contributed by atoms with van der Waals surface area (Å²) < 4.78 is 0. The van der Waals surface area contributed by atoms with Gasteiger partial charge in [-0.3, -0.25) is 0 Å². The molecule has 6 aromatic carbocycles. The summed E-state index contributed by atoms with van der Waals surface area (Å²) >= 11 is 0. The van der Waals surface area contributed by atoms with Gasteiger partial charge in [0.1, 0.15) is 0 Å². The van der Waals surface area contributed by atoms with E-state index in [4.69, 9.17) is 0 Å². The van der Waals surface area contributed by atoms with Crippen molar-refractivity contribution in [2.24, 2.45) is 0 Å². The first kappa shape index (κ1) is 30.9. The molecule has 0 nitrogen and oxygen atoms in total. The molecule has 41 heavy (non-hydrogen) atoms. The van der Waals surface area contributed by atoms with Gasteiger partial charge in [-0.1, -0.05) is 124 Å². The van der Waals surface area contributed by atoms with Crippen molar-refractivity contribution in [1.82, 2.24) is 0 Å². The van der Waals surface area contributed by atoms with Crippen molar-refractivity contribution >= 4 is 42.4 Å². The Kier molecular flexibility index (Phi) is 11.5. The predicted molar refractivity (Wildman–Crippen MR) is 180 cm³/mol. The molecule has 0 aromatic heterocycles. The summed E-state index contributed by atoms with van der Waals surface area (Å²) in [5.74, 6) is 0. The molecular formula is C38H36FeP2. The minimum atomic E-state index is -0.630. The van der Waals surface area contributed by atoms with Crippen molar-refractivity contribution in [2.75, 3.05) is 0 Å². The van der Waals surface area contributed by atoms with Crippen LogP contribution in [0.2, 0.25) is 0 Å². The Hall–Kier alpha value is -3.04. The van der Waals surface area contributed by atoms with Crippen LogP contribution in [0.5, 0.6) is 0 Å². The van der Waals surface area contributed by atoms with Crippen molar-refractivity contribution in [3.05, 3.63) is 174 Å². The van der Waals surface area contributed by atoms with Gasteiger partial charge in [0.2, 0.25) is 0 Å². The summed E-state index contributed by atoms with van der Waals surface area (Å²) in [5, 5.41) is 7.27. The fourth-order valence-electron chi connectivity index (χ4n) is 5.24. The second-order valence-corrected chi connectivity index (χ2v) is 14.6. The normalized spacial score (nSPS) is 11.4. The topological polar surface area (TPSA) is 0 Å². The molecule has 0 N–H and O–H groups in total. The zero-order valence-corrected chi connectivity index (χ0v) is 26.7. The zero-order valence-electron chi connectivity index (χ0n) is 23.8. The number of hydrogen-bond acceptors (Lipinski definition) is 0. The van der Waals surface area contributed by atoms with E-state index in [1.165, 1.54) is 43.2 Å².